The van der Waals surface area contributed by atoms with Crippen LogP contribution in [0, 0.1) is 20.8 Å². The molecule has 1 saturated heterocycles. The normalized spacial score (nSPS) is 13.4. The SMILES string of the molecule is CCOc1cc(C=C2C(=O)N(c3ccccc3C)C(=O)N(c3ccccc3C)C2=O)ccc1OCc1ccc(C)cc1. The predicted octanol–water partition coefficient (Wildman–Crippen LogP) is 7.17. The molecule has 0 bridgehead atoms. The van der Waals surface area contributed by atoms with Crippen LogP contribution in [0.4, 0.5) is 16.2 Å². The Bertz CT molecular complexity index is 1620. The van der Waals surface area contributed by atoms with Crippen LogP contribution in [-0.2, 0) is 16.2 Å². The van der Waals surface area contributed by atoms with Gasteiger partial charge in [0.15, 0.2) is 11.5 Å². The van der Waals surface area contributed by atoms with E-state index in [0.29, 0.717) is 41.7 Å². The lowest BCUT2D eigenvalue weighted by Crippen LogP contribution is -2.57. The van der Waals surface area contributed by atoms with Gasteiger partial charge in [0.2, 0.25) is 0 Å². The molecule has 7 heteroatoms. The molecule has 0 N–H and O–H groups in total. The molecule has 0 aliphatic carbocycles. The number of para-hydroxylation sites is 2. The Morgan fingerprint density at radius 2 is 1.24 bits per heavy atom. The molecule has 5 rings (SSSR count). The lowest BCUT2D eigenvalue weighted by molar-refractivity contribution is -0.121. The summed E-state index contributed by atoms with van der Waals surface area (Å²) < 4.78 is 11.9. The fourth-order valence-electron chi connectivity index (χ4n) is 4.80. The smallest absolute Gasteiger partial charge is 0.343 e. The van der Waals surface area contributed by atoms with Gasteiger partial charge in [0.25, 0.3) is 11.8 Å². The number of hydrogen-bond acceptors (Lipinski definition) is 5. The molecule has 0 radical (unpaired) electrons. The summed E-state index contributed by atoms with van der Waals surface area (Å²) >= 11 is 0. The Hall–Kier alpha value is -5.17. The Kier molecular flexibility index (Phi) is 8.20. The third-order valence-corrected chi connectivity index (χ3v) is 7.06. The van der Waals surface area contributed by atoms with Gasteiger partial charge in [0.1, 0.15) is 12.2 Å². The molecule has 4 aromatic rings. The highest BCUT2D eigenvalue weighted by Crippen LogP contribution is 2.34. The molecule has 0 unspecified atom stereocenters. The highest BCUT2D eigenvalue weighted by atomic mass is 16.5. The minimum atomic E-state index is -0.722. The van der Waals surface area contributed by atoms with E-state index in [9.17, 15) is 14.4 Å². The van der Waals surface area contributed by atoms with E-state index in [-0.39, 0.29) is 5.57 Å². The van der Waals surface area contributed by atoms with Crippen LogP contribution in [0.5, 0.6) is 11.5 Å². The molecular formula is C35H32N2O5. The Morgan fingerprint density at radius 1 is 0.667 bits per heavy atom. The number of rotatable bonds is 8. The zero-order valence-electron chi connectivity index (χ0n) is 24.1. The van der Waals surface area contributed by atoms with Crippen LogP contribution in [0.1, 0.15) is 34.7 Å². The molecular weight excluding hydrogens is 528 g/mol. The third-order valence-electron chi connectivity index (χ3n) is 7.06. The van der Waals surface area contributed by atoms with Crippen molar-refractivity contribution in [1.29, 1.82) is 0 Å². The second-order valence-corrected chi connectivity index (χ2v) is 10.1. The van der Waals surface area contributed by atoms with Gasteiger partial charge >= 0.3 is 6.03 Å². The Labute approximate surface area is 245 Å². The molecule has 0 atom stereocenters. The molecule has 0 saturated carbocycles. The highest BCUT2D eigenvalue weighted by Gasteiger charge is 2.44. The van der Waals surface area contributed by atoms with Gasteiger partial charge in [-0.1, -0.05) is 72.3 Å². The van der Waals surface area contributed by atoms with Crippen molar-refractivity contribution in [3.63, 3.8) is 0 Å². The standard InChI is InChI=1S/C35H32N2O5/c1-5-41-32-21-27(18-19-31(32)42-22-26-16-14-23(2)15-17-26)20-28-33(38)36(29-12-8-6-10-24(29)3)35(40)37(34(28)39)30-13-9-7-11-25(30)4/h6-21H,5,22H2,1-4H3. The molecule has 212 valence electrons. The number of barbiturate groups is 1. The number of carbonyl (C=O) groups excluding carboxylic acids is 3. The lowest BCUT2D eigenvalue weighted by atomic mass is 10.0. The van der Waals surface area contributed by atoms with E-state index < -0.39 is 17.8 Å². The number of aryl methyl sites for hydroxylation is 3. The number of imide groups is 2. The van der Waals surface area contributed by atoms with Gasteiger partial charge in [-0.3, -0.25) is 9.59 Å². The molecule has 42 heavy (non-hydrogen) atoms. The maximum atomic E-state index is 13.9. The molecule has 0 aromatic heterocycles. The number of hydrogen-bond donors (Lipinski definition) is 0. The number of ether oxygens (including phenoxy) is 2. The summed E-state index contributed by atoms with van der Waals surface area (Å²) in [7, 11) is 0. The second kappa shape index (κ2) is 12.1. The quantitative estimate of drug-likeness (QED) is 0.169. The van der Waals surface area contributed by atoms with Crippen molar-refractivity contribution in [2.75, 3.05) is 16.4 Å². The first-order chi connectivity index (χ1) is 20.3. The summed E-state index contributed by atoms with van der Waals surface area (Å²) in [5.74, 6) is -0.361. The number of benzene rings is 4. The first-order valence-corrected chi connectivity index (χ1v) is 13.8. The monoisotopic (exact) mass is 560 g/mol. The van der Waals surface area contributed by atoms with Gasteiger partial charge in [0.05, 0.1) is 18.0 Å². The zero-order valence-corrected chi connectivity index (χ0v) is 24.1. The fraction of sp³-hybridized carbons (Fsp3) is 0.171. The predicted molar refractivity (Wildman–Crippen MR) is 164 cm³/mol. The molecule has 1 aliphatic heterocycles. The van der Waals surface area contributed by atoms with Crippen molar-refractivity contribution in [2.24, 2.45) is 0 Å². The van der Waals surface area contributed by atoms with E-state index in [1.807, 2.05) is 76.2 Å². The second-order valence-electron chi connectivity index (χ2n) is 10.1. The molecule has 1 fully saturated rings. The van der Waals surface area contributed by atoms with Crippen molar-refractivity contribution in [3.05, 3.63) is 124 Å². The van der Waals surface area contributed by atoms with Crippen LogP contribution in [0.3, 0.4) is 0 Å². The van der Waals surface area contributed by atoms with Crippen molar-refractivity contribution in [3.8, 4) is 11.5 Å². The van der Waals surface area contributed by atoms with Crippen molar-refractivity contribution in [2.45, 2.75) is 34.3 Å². The van der Waals surface area contributed by atoms with Crippen LogP contribution in [-0.4, -0.2) is 24.5 Å². The van der Waals surface area contributed by atoms with Gasteiger partial charge in [-0.2, -0.15) is 0 Å². The average molecular weight is 561 g/mol. The summed E-state index contributed by atoms with van der Waals surface area (Å²) in [5.41, 5.74) is 4.89. The van der Waals surface area contributed by atoms with Gasteiger partial charge in [-0.25, -0.2) is 14.6 Å². The first-order valence-electron chi connectivity index (χ1n) is 13.8. The van der Waals surface area contributed by atoms with Crippen LogP contribution in [0.2, 0.25) is 0 Å². The van der Waals surface area contributed by atoms with E-state index in [0.717, 1.165) is 26.5 Å². The summed E-state index contributed by atoms with van der Waals surface area (Å²) in [6.07, 6.45) is 1.50. The minimum absolute atomic E-state index is 0.142. The largest absolute Gasteiger partial charge is 0.490 e. The summed E-state index contributed by atoms with van der Waals surface area (Å²) in [6.45, 7) is 8.29. The van der Waals surface area contributed by atoms with E-state index >= 15 is 0 Å². The zero-order chi connectivity index (χ0) is 29.8. The van der Waals surface area contributed by atoms with Gasteiger partial charge in [-0.15, -0.1) is 0 Å². The van der Waals surface area contributed by atoms with E-state index in [1.54, 1.807) is 42.5 Å². The minimum Gasteiger partial charge on any atom is -0.490 e. The number of carbonyl (C=O) groups is 3. The van der Waals surface area contributed by atoms with Gasteiger partial charge < -0.3 is 9.47 Å². The Morgan fingerprint density at radius 3 is 1.79 bits per heavy atom. The van der Waals surface area contributed by atoms with Gasteiger partial charge in [-0.05, 0) is 80.3 Å². The van der Waals surface area contributed by atoms with E-state index in [2.05, 4.69) is 0 Å². The molecule has 1 heterocycles. The number of nitrogens with zero attached hydrogens (tertiary/aromatic N) is 2. The van der Waals surface area contributed by atoms with Crippen molar-refractivity contribution in [1.82, 2.24) is 0 Å². The molecule has 1 aliphatic rings. The number of amides is 4. The third kappa shape index (κ3) is 5.67. The topological polar surface area (TPSA) is 76.2 Å². The highest BCUT2D eigenvalue weighted by molar-refractivity contribution is 6.46. The summed E-state index contributed by atoms with van der Waals surface area (Å²) in [6, 6.07) is 26.8. The number of anilines is 2. The maximum Gasteiger partial charge on any atom is 0.343 e. The van der Waals surface area contributed by atoms with Gasteiger partial charge in [0, 0.05) is 0 Å². The maximum absolute atomic E-state index is 13.9. The lowest BCUT2D eigenvalue weighted by Gasteiger charge is -2.35. The fourth-order valence-corrected chi connectivity index (χ4v) is 4.80. The van der Waals surface area contributed by atoms with Crippen LogP contribution in [0.25, 0.3) is 6.08 Å². The Balaban J connectivity index is 1.55. The molecule has 4 aromatic carbocycles. The van der Waals surface area contributed by atoms with E-state index in [4.69, 9.17) is 9.47 Å². The van der Waals surface area contributed by atoms with Crippen molar-refractivity contribution >= 4 is 35.3 Å². The van der Waals surface area contributed by atoms with Crippen LogP contribution in [0.15, 0.2) is 96.6 Å². The summed E-state index contributed by atoms with van der Waals surface area (Å²) in [4.78, 5) is 43.6. The summed E-state index contributed by atoms with van der Waals surface area (Å²) in [5, 5.41) is 0. The number of urea groups is 1. The first kappa shape index (κ1) is 28.4. The van der Waals surface area contributed by atoms with Crippen LogP contribution < -0.4 is 19.3 Å². The molecule has 7 nitrogen and oxygen atoms in total. The van der Waals surface area contributed by atoms with Crippen molar-refractivity contribution < 1.29 is 23.9 Å². The van der Waals surface area contributed by atoms with E-state index in [1.165, 1.54) is 11.6 Å². The molecule has 4 amide bonds. The average Bonchev–Trinajstić information content (AvgIpc) is 2.98. The molecule has 0 spiro atoms. The van der Waals surface area contributed by atoms with Crippen LogP contribution >= 0.6 is 0 Å².